The van der Waals surface area contributed by atoms with Gasteiger partial charge in [0.05, 0.1) is 16.8 Å². The number of allylic oxidation sites excluding steroid dienone is 3. The van der Waals surface area contributed by atoms with Crippen molar-refractivity contribution < 1.29 is 4.79 Å². The van der Waals surface area contributed by atoms with Crippen LogP contribution >= 0.6 is 11.6 Å². The molecule has 0 aromatic rings. The Kier molecular flexibility index (Phi) is 4.48. The number of hydrogen-bond acceptors (Lipinski definition) is 3. The molecule has 2 N–H and O–H groups in total. The van der Waals surface area contributed by atoms with Gasteiger partial charge in [-0.15, -0.1) is 0 Å². The Bertz CT molecular complexity index is 490. The summed E-state index contributed by atoms with van der Waals surface area (Å²) in [5.74, 6) is 6.41. The zero-order valence-electron chi connectivity index (χ0n) is 13.9. The van der Waals surface area contributed by atoms with Crippen LogP contribution in [0.15, 0.2) is 21.9 Å². The fourth-order valence-electron chi connectivity index (χ4n) is 2.91. The van der Waals surface area contributed by atoms with Crippen molar-refractivity contribution >= 4 is 17.4 Å². The van der Waals surface area contributed by atoms with Gasteiger partial charge in [0.2, 0.25) is 0 Å². The molecular formula is C16H27ClN2O. The molecule has 1 heterocycles. The SMILES string of the molecule is CC(=O)C1=C(C)C(Cl)=C(C(C)(C)C)N(N)C1C(C)(C)C. The maximum absolute atomic E-state index is 12.1. The Labute approximate surface area is 127 Å². The summed E-state index contributed by atoms with van der Waals surface area (Å²) >= 11 is 6.51. The van der Waals surface area contributed by atoms with Gasteiger partial charge in [-0.1, -0.05) is 53.1 Å². The van der Waals surface area contributed by atoms with Crippen LogP contribution in [0.3, 0.4) is 0 Å². The monoisotopic (exact) mass is 298 g/mol. The lowest BCUT2D eigenvalue weighted by Gasteiger charge is -2.47. The van der Waals surface area contributed by atoms with Gasteiger partial charge in [0.1, 0.15) is 0 Å². The smallest absolute Gasteiger partial charge is 0.158 e. The second kappa shape index (κ2) is 5.19. The molecule has 3 nitrogen and oxygen atoms in total. The number of hydrazine groups is 1. The van der Waals surface area contributed by atoms with Gasteiger partial charge in [0.25, 0.3) is 0 Å². The molecule has 0 aromatic carbocycles. The first-order valence-electron chi connectivity index (χ1n) is 6.96. The second-order valence-corrected chi connectivity index (χ2v) is 8.06. The van der Waals surface area contributed by atoms with E-state index in [4.69, 9.17) is 17.4 Å². The Morgan fingerprint density at radius 2 is 1.65 bits per heavy atom. The molecule has 0 fully saturated rings. The normalized spacial score (nSPS) is 21.7. The second-order valence-electron chi connectivity index (χ2n) is 7.68. The standard InChI is InChI=1S/C16H27ClN2O/c1-9-11(10(2)20)13(15(3,4)5)19(18)14(12(9)17)16(6,7)8/h13H,18H2,1-8H3. The molecule has 0 aliphatic carbocycles. The topological polar surface area (TPSA) is 46.3 Å². The largest absolute Gasteiger partial charge is 0.305 e. The number of carbonyl (C=O) groups excluding carboxylic acids is 1. The van der Waals surface area contributed by atoms with E-state index in [9.17, 15) is 4.79 Å². The predicted octanol–water partition coefficient (Wildman–Crippen LogP) is 3.99. The van der Waals surface area contributed by atoms with E-state index in [1.54, 1.807) is 11.9 Å². The Morgan fingerprint density at radius 1 is 1.20 bits per heavy atom. The highest BCUT2D eigenvalue weighted by molar-refractivity contribution is 6.33. The van der Waals surface area contributed by atoms with Crippen LogP contribution < -0.4 is 5.84 Å². The molecule has 0 radical (unpaired) electrons. The lowest BCUT2D eigenvalue weighted by Crippen LogP contribution is -2.54. The molecule has 0 saturated carbocycles. The zero-order chi connectivity index (χ0) is 16.0. The Morgan fingerprint density at radius 3 is 1.95 bits per heavy atom. The summed E-state index contributed by atoms with van der Waals surface area (Å²) in [5, 5.41) is 2.30. The molecule has 114 valence electrons. The number of rotatable bonds is 1. The summed E-state index contributed by atoms with van der Waals surface area (Å²) in [6, 6.07) is -0.170. The minimum atomic E-state index is -0.182. The molecule has 1 unspecified atom stereocenters. The van der Waals surface area contributed by atoms with Crippen LogP contribution in [0.2, 0.25) is 0 Å². The minimum Gasteiger partial charge on any atom is -0.305 e. The van der Waals surface area contributed by atoms with E-state index < -0.39 is 0 Å². The molecular weight excluding hydrogens is 272 g/mol. The van der Waals surface area contributed by atoms with Gasteiger partial charge < -0.3 is 5.01 Å². The molecule has 4 heteroatoms. The highest BCUT2D eigenvalue weighted by atomic mass is 35.5. The van der Waals surface area contributed by atoms with Gasteiger partial charge >= 0.3 is 0 Å². The lowest BCUT2D eigenvalue weighted by atomic mass is 9.74. The van der Waals surface area contributed by atoms with E-state index in [1.165, 1.54) is 0 Å². The fraction of sp³-hybridized carbons (Fsp3) is 0.688. The van der Waals surface area contributed by atoms with Crippen molar-refractivity contribution in [2.24, 2.45) is 16.7 Å². The number of Topliss-reactive ketones (excluding diaryl/α,β-unsaturated/α-hetero) is 1. The molecule has 20 heavy (non-hydrogen) atoms. The van der Waals surface area contributed by atoms with Crippen molar-refractivity contribution in [2.75, 3.05) is 0 Å². The molecule has 1 aliphatic rings. The first-order valence-corrected chi connectivity index (χ1v) is 7.34. The summed E-state index contributed by atoms with van der Waals surface area (Å²) < 4.78 is 0. The van der Waals surface area contributed by atoms with Crippen molar-refractivity contribution in [1.82, 2.24) is 5.01 Å². The van der Waals surface area contributed by atoms with Crippen LogP contribution in [-0.4, -0.2) is 16.8 Å². The highest BCUT2D eigenvalue weighted by Gasteiger charge is 2.43. The Balaban J connectivity index is 3.66. The van der Waals surface area contributed by atoms with Gasteiger partial charge in [-0.05, 0) is 24.8 Å². The summed E-state index contributed by atoms with van der Waals surface area (Å²) in [7, 11) is 0. The van der Waals surface area contributed by atoms with E-state index in [2.05, 4.69) is 41.5 Å². The quantitative estimate of drug-likeness (QED) is 0.745. The van der Waals surface area contributed by atoms with Gasteiger partial charge in [0, 0.05) is 11.0 Å². The van der Waals surface area contributed by atoms with Crippen molar-refractivity contribution in [2.45, 2.75) is 61.4 Å². The fourth-order valence-corrected chi connectivity index (χ4v) is 3.39. The lowest BCUT2D eigenvalue weighted by molar-refractivity contribution is -0.114. The number of halogens is 1. The molecule has 0 amide bonds. The molecule has 0 spiro atoms. The average Bonchev–Trinajstić information content (AvgIpc) is 2.18. The average molecular weight is 299 g/mol. The third-order valence-corrected chi connectivity index (χ3v) is 4.12. The molecule has 0 aromatic heterocycles. The summed E-state index contributed by atoms with van der Waals surface area (Å²) in [5.41, 5.74) is 2.12. The third-order valence-electron chi connectivity index (χ3n) is 3.66. The first-order chi connectivity index (χ1) is 8.80. The number of nitrogens with zero attached hydrogens (tertiary/aromatic N) is 1. The molecule has 0 bridgehead atoms. The summed E-state index contributed by atoms with van der Waals surface area (Å²) in [6.07, 6.45) is 0. The summed E-state index contributed by atoms with van der Waals surface area (Å²) in [4.78, 5) is 12.1. The van der Waals surface area contributed by atoms with E-state index in [0.29, 0.717) is 5.03 Å². The molecule has 1 aliphatic heterocycles. The first kappa shape index (κ1) is 17.3. The van der Waals surface area contributed by atoms with Gasteiger partial charge in [-0.25, -0.2) is 5.84 Å². The minimum absolute atomic E-state index is 0.0315. The molecule has 1 atom stereocenters. The van der Waals surface area contributed by atoms with Crippen molar-refractivity contribution in [3.05, 3.63) is 21.9 Å². The number of nitrogens with two attached hydrogens (primary N) is 1. The Hall–Kier alpha value is -0.800. The van der Waals surface area contributed by atoms with Crippen LogP contribution in [-0.2, 0) is 4.79 Å². The van der Waals surface area contributed by atoms with Gasteiger partial charge in [0.15, 0.2) is 5.78 Å². The van der Waals surface area contributed by atoms with E-state index in [0.717, 1.165) is 16.8 Å². The van der Waals surface area contributed by atoms with Crippen LogP contribution in [0.4, 0.5) is 0 Å². The number of ketones is 1. The van der Waals surface area contributed by atoms with E-state index in [-0.39, 0.29) is 22.7 Å². The van der Waals surface area contributed by atoms with E-state index in [1.807, 2.05) is 6.92 Å². The molecule has 0 saturated heterocycles. The number of carbonyl (C=O) groups is 1. The van der Waals surface area contributed by atoms with Gasteiger partial charge in [-0.2, -0.15) is 0 Å². The van der Waals surface area contributed by atoms with Crippen molar-refractivity contribution in [3.8, 4) is 0 Å². The van der Waals surface area contributed by atoms with Crippen LogP contribution in [0.1, 0.15) is 55.4 Å². The third kappa shape index (κ3) is 2.94. The summed E-state index contributed by atoms with van der Waals surface area (Å²) in [6.45, 7) is 16.0. The van der Waals surface area contributed by atoms with E-state index >= 15 is 0 Å². The predicted molar refractivity (Wildman–Crippen MR) is 85.0 cm³/mol. The molecule has 1 rings (SSSR count). The van der Waals surface area contributed by atoms with Gasteiger partial charge in [-0.3, -0.25) is 4.79 Å². The van der Waals surface area contributed by atoms with Crippen LogP contribution in [0.5, 0.6) is 0 Å². The number of hydrogen-bond donors (Lipinski definition) is 1. The van der Waals surface area contributed by atoms with Crippen molar-refractivity contribution in [1.29, 1.82) is 0 Å². The highest BCUT2D eigenvalue weighted by Crippen LogP contribution is 2.45. The zero-order valence-corrected chi connectivity index (χ0v) is 14.6. The van der Waals surface area contributed by atoms with Crippen LogP contribution in [0.25, 0.3) is 0 Å². The van der Waals surface area contributed by atoms with Crippen LogP contribution in [0, 0.1) is 10.8 Å². The maximum atomic E-state index is 12.1. The maximum Gasteiger partial charge on any atom is 0.158 e. The van der Waals surface area contributed by atoms with Crippen molar-refractivity contribution in [3.63, 3.8) is 0 Å².